The molecule has 0 unspecified atom stereocenters. The van der Waals surface area contributed by atoms with E-state index in [-0.39, 0.29) is 24.2 Å². The number of benzene rings is 1. The highest BCUT2D eigenvalue weighted by Gasteiger charge is 2.09. The highest BCUT2D eigenvalue weighted by molar-refractivity contribution is 5.90. The maximum Gasteiger partial charge on any atom is 0.336 e. The molecule has 1 N–H and O–H groups in total. The lowest BCUT2D eigenvalue weighted by molar-refractivity contribution is -0.141. The molecule has 0 fully saturated rings. The molecule has 0 amide bonds. The molecule has 0 radical (unpaired) electrons. The van der Waals surface area contributed by atoms with Crippen LogP contribution in [0.25, 0.3) is 0 Å². The Bertz CT molecular complexity index is 526. The predicted molar refractivity (Wildman–Crippen MR) is 61.5 cm³/mol. The van der Waals surface area contributed by atoms with E-state index >= 15 is 0 Å². The van der Waals surface area contributed by atoms with E-state index in [1.807, 2.05) is 0 Å². The first-order valence-electron chi connectivity index (χ1n) is 5.22. The van der Waals surface area contributed by atoms with Crippen LogP contribution < -0.4 is 0 Å². The lowest BCUT2D eigenvalue weighted by Gasteiger charge is -1.99. The van der Waals surface area contributed by atoms with E-state index in [9.17, 15) is 14.0 Å². The lowest BCUT2D eigenvalue weighted by atomic mass is 10.1. The number of hydrogen-bond donors (Lipinski definition) is 1. The van der Waals surface area contributed by atoms with Crippen LogP contribution in [0.15, 0.2) is 18.2 Å². The van der Waals surface area contributed by atoms with Gasteiger partial charge in [-0.2, -0.15) is 0 Å². The molecule has 1 rings (SSSR count). The summed E-state index contributed by atoms with van der Waals surface area (Å²) in [6.45, 7) is 1.92. The first-order chi connectivity index (χ1) is 8.54. The van der Waals surface area contributed by atoms with Gasteiger partial charge in [0.15, 0.2) is 0 Å². The molecule has 5 heteroatoms. The number of hydrogen-bond acceptors (Lipinski definition) is 3. The predicted octanol–water partition coefficient (Wildman–Crippen LogP) is 1.83. The molecule has 0 aliphatic rings. The van der Waals surface area contributed by atoms with E-state index in [4.69, 9.17) is 5.11 Å². The van der Waals surface area contributed by atoms with Gasteiger partial charge in [0, 0.05) is 5.56 Å². The first kappa shape index (κ1) is 13.7. The molecule has 1 aromatic rings. The van der Waals surface area contributed by atoms with Crippen LogP contribution in [0.1, 0.15) is 29.3 Å². The van der Waals surface area contributed by atoms with Gasteiger partial charge in [-0.25, -0.2) is 9.18 Å². The zero-order valence-corrected chi connectivity index (χ0v) is 9.70. The molecule has 0 aliphatic heterocycles. The first-order valence-corrected chi connectivity index (χ1v) is 5.22. The van der Waals surface area contributed by atoms with E-state index in [1.54, 1.807) is 6.92 Å². The molecule has 94 valence electrons. The van der Waals surface area contributed by atoms with Gasteiger partial charge in [-0.3, -0.25) is 4.79 Å². The molecule has 0 heterocycles. The minimum Gasteiger partial charge on any atom is -0.478 e. The van der Waals surface area contributed by atoms with Crippen LogP contribution in [-0.4, -0.2) is 23.7 Å². The summed E-state index contributed by atoms with van der Waals surface area (Å²) < 4.78 is 17.6. The molecule has 18 heavy (non-hydrogen) atoms. The number of halogens is 1. The van der Waals surface area contributed by atoms with Crippen molar-refractivity contribution in [1.29, 1.82) is 0 Å². The monoisotopic (exact) mass is 250 g/mol. The van der Waals surface area contributed by atoms with Crippen LogP contribution in [0.4, 0.5) is 4.39 Å². The molecular weight excluding hydrogens is 239 g/mol. The number of carboxylic acid groups (broad SMARTS) is 1. The van der Waals surface area contributed by atoms with E-state index in [2.05, 4.69) is 16.6 Å². The van der Waals surface area contributed by atoms with Crippen LogP contribution in [0.2, 0.25) is 0 Å². The second kappa shape index (κ2) is 6.40. The number of aromatic carboxylic acids is 1. The fourth-order valence-electron chi connectivity index (χ4n) is 1.23. The van der Waals surface area contributed by atoms with Crippen molar-refractivity contribution in [3.63, 3.8) is 0 Å². The Kier molecular flexibility index (Phi) is 4.88. The van der Waals surface area contributed by atoms with Crippen molar-refractivity contribution < 1.29 is 23.8 Å². The standard InChI is InChI=1S/C13H11FO4/c1-2-18-12(15)5-3-4-9-8-10(14)6-7-11(9)13(16)17/h6-8H,2,5H2,1H3,(H,16,17). The van der Waals surface area contributed by atoms with Crippen molar-refractivity contribution in [2.24, 2.45) is 0 Å². The summed E-state index contributed by atoms with van der Waals surface area (Å²) in [5.74, 6) is 2.62. The topological polar surface area (TPSA) is 63.6 Å². The van der Waals surface area contributed by atoms with Crippen molar-refractivity contribution >= 4 is 11.9 Å². The number of rotatable bonds is 3. The van der Waals surface area contributed by atoms with Crippen molar-refractivity contribution in [2.75, 3.05) is 6.61 Å². The van der Waals surface area contributed by atoms with Gasteiger partial charge < -0.3 is 9.84 Å². The van der Waals surface area contributed by atoms with Crippen LogP contribution in [0.5, 0.6) is 0 Å². The Morgan fingerprint density at radius 1 is 1.44 bits per heavy atom. The Balaban J connectivity index is 2.90. The van der Waals surface area contributed by atoms with E-state index in [1.165, 1.54) is 0 Å². The summed E-state index contributed by atoms with van der Waals surface area (Å²) in [7, 11) is 0. The lowest BCUT2D eigenvalue weighted by Crippen LogP contribution is -2.02. The minimum atomic E-state index is -1.20. The van der Waals surface area contributed by atoms with Crippen molar-refractivity contribution in [3.8, 4) is 11.8 Å². The van der Waals surface area contributed by atoms with Crippen LogP contribution in [-0.2, 0) is 9.53 Å². The molecule has 4 nitrogen and oxygen atoms in total. The zero-order chi connectivity index (χ0) is 13.5. The van der Waals surface area contributed by atoms with Crippen LogP contribution in [0.3, 0.4) is 0 Å². The molecule has 0 saturated heterocycles. The van der Waals surface area contributed by atoms with Gasteiger partial charge in [-0.1, -0.05) is 11.8 Å². The molecule has 0 saturated carbocycles. The summed E-state index contributed by atoms with van der Waals surface area (Å²) in [4.78, 5) is 21.9. The largest absolute Gasteiger partial charge is 0.478 e. The van der Waals surface area contributed by atoms with Crippen LogP contribution in [0, 0.1) is 17.7 Å². The molecular formula is C13H11FO4. The molecule has 0 aliphatic carbocycles. The Morgan fingerprint density at radius 2 is 2.17 bits per heavy atom. The van der Waals surface area contributed by atoms with Gasteiger partial charge in [-0.15, -0.1) is 0 Å². The van der Waals surface area contributed by atoms with E-state index < -0.39 is 17.8 Å². The number of carbonyl (C=O) groups is 2. The fourth-order valence-corrected chi connectivity index (χ4v) is 1.23. The highest BCUT2D eigenvalue weighted by Crippen LogP contribution is 2.10. The third kappa shape index (κ3) is 3.91. The van der Waals surface area contributed by atoms with Gasteiger partial charge in [0.2, 0.25) is 0 Å². The summed E-state index contributed by atoms with van der Waals surface area (Å²) in [5, 5.41) is 8.87. The summed E-state index contributed by atoms with van der Waals surface area (Å²) >= 11 is 0. The Morgan fingerprint density at radius 3 is 2.78 bits per heavy atom. The van der Waals surface area contributed by atoms with Gasteiger partial charge in [0.25, 0.3) is 0 Å². The third-order valence-corrected chi connectivity index (χ3v) is 1.97. The van der Waals surface area contributed by atoms with Gasteiger partial charge in [0.05, 0.1) is 12.2 Å². The average Bonchev–Trinajstić information content (AvgIpc) is 2.29. The molecule has 0 atom stereocenters. The molecule has 0 spiro atoms. The van der Waals surface area contributed by atoms with Gasteiger partial charge >= 0.3 is 11.9 Å². The minimum absolute atomic E-state index is 0.0341. The van der Waals surface area contributed by atoms with Gasteiger partial charge in [-0.05, 0) is 25.1 Å². The maximum absolute atomic E-state index is 13.0. The molecule has 1 aromatic carbocycles. The fraction of sp³-hybridized carbons (Fsp3) is 0.231. The Labute approximate surface area is 103 Å². The Hall–Kier alpha value is -2.35. The maximum atomic E-state index is 13.0. The molecule has 0 aromatic heterocycles. The zero-order valence-electron chi connectivity index (χ0n) is 9.70. The number of carboxylic acids is 1. The van der Waals surface area contributed by atoms with Crippen molar-refractivity contribution in [1.82, 2.24) is 0 Å². The second-order valence-corrected chi connectivity index (χ2v) is 3.28. The normalized spacial score (nSPS) is 9.22. The summed E-state index contributed by atoms with van der Waals surface area (Å²) in [6, 6.07) is 3.19. The van der Waals surface area contributed by atoms with E-state index in [0.717, 1.165) is 18.2 Å². The average molecular weight is 250 g/mol. The summed E-state index contributed by atoms with van der Waals surface area (Å²) in [6.07, 6.45) is -0.163. The summed E-state index contributed by atoms with van der Waals surface area (Å²) in [5.41, 5.74) is -0.0699. The number of ether oxygens (including phenoxy) is 1. The smallest absolute Gasteiger partial charge is 0.336 e. The van der Waals surface area contributed by atoms with E-state index in [0.29, 0.717) is 0 Å². The number of esters is 1. The quantitative estimate of drug-likeness (QED) is 0.656. The third-order valence-electron chi connectivity index (χ3n) is 1.97. The number of carbonyl (C=O) groups excluding carboxylic acids is 1. The van der Waals surface area contributed by atoms with Crippen LogP contribution >= 0.6 is 0 Å². The second-order valence-electron chi connectivity index (χ2n) is 3.28. The van der Waals surface area contributed by atoms with Crippen molar-refractivity contribution in [2.45, 2.75) is 13.3 Å². The SMILES string of the molecule is CCOC(=O)CC#Cc1cc(F)ccc1C(=O)O. The molecule has 0 bridgehead atoms. The van der Waals surface area contributed by atoms with Crippen molar-refractivity contribution in [3.05, 3.63) is 35.1 Å². The van der Waals surface area contributed by atoms with Gasteiger partial charge in [0.1, 0.15) is 12.2 Å². The highest BCUT2D eigenvalue weighted by atomic mass is 19.1.